The van der Waals surface area contributed by atoms with E-state index in [9.17, 15) is 13.2 Å². The number of rotatable bonds is 3. The van der Waals surface area contributed by atoms with Crippen molar-refractivity contribution in [1.82, 2.24) is 5.32 Å². The lowest BCUT2D eigenvalue weighted by atomic mass is 10.5. The van der Waals surface area contributed by atoms with Crippen LogP contribution in [0.15, 0.2) is 0 Å². The third-order valence-electron chi connectivity index (χ3n) is 0.997. The number of amides is 1. The highest BCUT2D eigenvalue weighted by molar-refractivity contribution is 7.90. The van der Waals surface area contributed by atoms with E-state index in [1.807, 2.05) is 0 Å². The Hall–Kier alpha value is -1.02. The number of sulfone groups is 1. The van der Waals surface area contributed by atoms with E-state index in [1.165, 1.54) is 6.92 Å². The topological polar surface area (TPSA) is 63.2 Å². The zero-order valence-electron chi connectivity index (χ0n) is 7.05. The maximum absolute atomic E-state index is 10.6. The summed E-state index contributed by atoms with van der Waals surface area (Å²) >= 11 is 0. The van der Waals surface area contributed by atoms with Crippen molar-refractivity contribution in [3.63, 3.8) is 0 Å². The Bertz CT molecular complexity index is 307. The van der Waals surface area contributed by atoms with E-state index < -0.39 is 15.7 Å². The predicted octanol–water partition coefficient (Wildman–Crippen LogP) is -0.829. The fraction of sp³-hybridized carbons (Fsp3) is 0.571. The minimum absolute atomic E-state index is 0.0515. The molecule has 0 saturated carbocycles. The second-order valence-electron chi connectivity index (χ2n) is 2.26. The summed E-state index contributed by atoms with van der Waals surface area (Å²) in [6.07, 6.45) is 1.12. The lowest BCUT2D eigenvalue weighted by Gasteiger charge is -1.97. The van der Waals surface area contributed by atoms with Crippen LogP contribution in [0.3, 0.4) is 0 Å². The molecule has 0 rings (SSSR count). The predicted molar refractivity (Wildman–Crippen MR) is 46.2 cm³/mol. The molecule has 0 unspecified atom stereocenters. The van der Waals surface area contributed by atoms with Crippen molar-refractivity contribution in [2.45, 2.75) is 6.92 Å². The highest BCUT2D eigenvalue weighted by atomic mass is 32.2. The van der Waals surface area contributed by atoms with Crippen molar-refractivity contribution in [1.29, 1.82) is 0 Å². The van der Waals surface area contributed by atoms with Gasteiger partial charge in [0.05, 0.1) is 5.75 Å². The summed E-state index contributed by atoms with van der Waals surface area (Å²) in [6, 6.07) is 0. The van der Waals surface area contributed by atoms with Crippen molar-refractivity contribution in [2.75, 3.05) is 18.6 Å². The molecule has 0 aliphatic carbocycles. The molecule has 0 aromatic rings. The van der Waals surface area contributed by atoms with Gasteiger partial charge in [-0.3, -0.25) is 4.79 Å². The molecule has 0 spiro atoms. The van der Waals surface area contributed by atoms with Crippen molar-refractivity contribution >= 4 is 15.7 Å². The Morgan fingerprint density at radius 1 is 1.50 bits per heavy atom. The van der Waals surface area contributed by atoms with Gasteiger partial charge in [0.15, 0.2) is 0 Å². The van der Waals surface area contributed by atoms with Gasteiger partial charge >= 0.3 is 0 Å². The fourth-order valence-electron chi connectivity index (χ4n) is 0.508. The average Bonchev–Trinajstić information content (AvgIpc) is 1.84. The van der Waals surface area contributed by atoms with E-state index >= 15 is 0 Å². The monoisotopic (exact) mass is 189 g/mol. The first kappa shape index (κ1) is 11.0. The van der Waals surface area contributed by atoms with Crippen LogP contribution >= 0.6 is 0 Å². The molecule has 1 N–H and O–H groups in total. The van der Waals surface area contributed by atoms with Crippen molar-refractivity contribution in [3.8, 4) is 11.8 Å². The molecule has 0 aliphatic heterocycles. The van der Waals surface area contributed by atoms with E-state index in [2.05, 4.69) is 17.2 Å². The average molecular weight is 189 g/mol. The van der Waals surface area contributed by atoms with E-state index in [4.69, 9.17) is 0 Å². The summed E-state index contributed by atoms with van der Waals surface area (Å²) in [5, 5.41) is 2.35. The molecule has 0 atom stereocenters. The van der Waals surface area contributed by atoms with Gasteiger partial charge in [-0.1, -0.05) is 5.92 Å². The standard InChI is InChI=1S/C7H11NO3S/c1-3-4-7(9)8-5-6-12(2,10)11/h5-6H2,1-2H3,(H,8,9). The molecule has 12 heavy (non-hydrogen) atoms. The lowest BCUT2D eigenvalue weighted by molar-refractivity contribution is -0.115. The Labute approximate surface area is 72.3 Å². The summed E-state index contributed by atoms with van der Waals surface area (Å²) in [7, 11) is -3.00. The third-order valence-corrected chi connectivity index (χ3v) is 1.94. The summed E-state index contributed by atoms with van der Waals surface area (Å²) < 4.78 is 21.2. The summed E-state index contributed by atoms with van der Waals surface area (Å²) in [4.78, 5) is 10.6. The lowest BCUT2D eigenvalue weighted by Crippen LogP contribution is -2.27. The van der Waals surface area contributed by atoms with Gasteiger partial charge < -0.3 is 5.32 Å². The normalized spacial score (nSPS) is 9.83. The first-order valence-electron chi connectivity index (χ1n) is 3.34. The number of carbonyl (C=O) groups excluding carboxylic acids is 1. The summed E-state index contributed by atoms with van der Waals surface area (Å²) in [5.41, 5.74) is 0. The molecule has 0 fully saturated rings. The summed E-state index contributed by atoms with van der Waals surface area (Å²) in [5.74, 6) is 4.15. The minimum Gasteiger partial charge on any atom is -0.344 e. The Morgan fingerprint density at radius 3 is 2.50 bits per heavy atom. The largest absolute Gasteiger partial charge is 0.344 e. The molecule has 0 aromatic heterocycles. The molecule has 0 aliphatic rings. The number of hydrogen-bond donors (Lipinski definition) is 1. The molecule has 5 heteroatoms. The number of hydrogen-bond acceptors (Lipinski definition) is 3. The molecule has 0 heterocycles. The molecular formula is C7H11NO3S. The Kier molecular flexibility index (Phi) is 4.37. The maximum Gasteiger partial charge on any atom is 0.295 e. The van der Waals surface area contributed by atoms with Crippen molar-refractivity contribution in [3.05, 3.63) is 0 Å². The molecule has 68 valence electrons. The molecular weight excluding hydrogens is 178 g/mol. The van der Waals surface area contributed by atoms with Gasteiger partial charge in [0.2, 0.25) is 0 Å². The van der Waals surface area contributed by atoms with Crippen LogP contribution in [0.5, 0.6) is 0 Å². The van der Waals surface area contributed by atoms with Crippen LogP contribution < -0.4 is 5.32 Å². The van der Waals surface area contributed by atoms with E-state index in [-0.39, 0.29) is 12.3 Å². The van der Waals surface area contributed by atoms with Crippen LogP contribution in [0.2, 0.25) is 0 Å². The van der Waals surface area contributed by atoms with E-state index in [1.54, 1.807) is 0 Å². The Morgan fingerprint density at radius 2 is 2.08 bits per heavy atom. The molecule has 0 saturated heterocycles. The maximum atomic E-state index is 10.6. The van der Waals surface area contributed by atoms with Gasteiger partial charge in [0.1, 0.15) is 9.84 Å². The van der Waals surface area contributed by atoms with Gasteiger partial charge in [-0.2, -0.15) is 0 Å². The highest BCUT2D eigenvalue weighted by Crippen LogP contribution is 1.78. The quantitative estimate of drug-likeness (QED) is 0.589. The van der Waals surface area contributed by atoms with Crippen LogP contribution in [-0.4, -0.2) is 32.9 Å². The molecule has 0 aromatic carbocycles. The first-order chi connectivity index (χ1) is 5.45. The van der Waals surface area contributed by atoms with E-state index in [0.29, 0.717) is 0 Å². The molecule has 4 nitrogen and oxygen atoms in total. The van der Waals surface area contributed by atoms with Gasteiger partial charge in [-0.25, -0.2) is 8.42 Å². The minimum atomic E-state index is -3.00. The van der Waals surface area contributed by atoms with Crippen molar-refractivity contribution < 1.29 is 13.2 Å². The molecule has 0 bridgehead atoms. The number of carbonyl (C=O) groups is 1. The van der Waals surface area contributed by atoms with Crippen LogP contribution in [0, 0.1) is 11.8 Å². The third kappa shape index (κ3) is 7.09. The fourth-order valence-corrected chi connectivity index (χ4v) is 0.981. The van der Waals surface area contributed by atoms with Crippen LogP contribution in [-0.2, 0) is 14.6 Å². The smallest absolute Gasteiger partial charge is 0.295 e. The van der Waals surface area contributed by atoms with Gasteiger partial charge in [-0.05, 0) is 12.8 Å². The first-order valence-corrected chi connectivity index (χ1v) is 5.40. The van der Waals surface area contributed by atoms with Crippen LogP contribution in [0.1, 0.15) is 6.92 Å². The van der Waals surface area contributed by atoms with Crippen LogP contribution in [0.4, 0.5) is 0 Å². The van der Waals surface area contributed by atoms with E-state index in [0.717, 1.165) is 6.26 Å². The van der Waals surface area contributed by atoms with Gasteiger partial charge in [0.25, 0.3) is 5.91 Å². The van der Waals surface area contributed by atoms with Crippen molar-refractivity contribution in [2.24, 2.45) is 0 Å². The second-order valence-corrected chi connectivity index (χ2v) is 4.52. The van der Waals surface area contributed by atoms with Gasteiger partial charge in [-0.15, -0.1) is 0 Å². The zero-order valence-corrected chi connectivity index (χ0v) is 7.86. The zero-order chi connectivity index (χ0) is 9.61. The highest BCUT2D eigenvalue weighted by Gasteiger charge is 2.01. The molecule has 0 radical (unpaired) electrons. The molecule has 1 amide bonds. The SMILES string of the molecule is CC#CC(=O)NCCS(C)(=O)=O. The Balaban J connectivity index is 3.70. The van der Waals surface area contributed by atoms with Crippen LogP contribution in [0.25, 0.3) is 0 Å². The number of nitrogens with one attached hydrogen (secondary N) is 1. The van der Waals surface area contributed by atoms with Gasteiger partial charge in [0, 0.05) is 12.8 Å². The second kappa shape index (κ2) is 4.78. The summed E-state index contributed by atoms with van der Waals surface area (Å²) in [6.45, 7) is 1.66.